The molecule has 3 atom stereocenters. The molecule has 0 radical (unpaired) electrons. The summed E-state index contributed by atoms with van der Waals surface area (Å²) >= 11 is 6.49. The van der Waals surface area contributed by atoms with E-state index in [2.05, 4.69) is 43.9 Å². The minimum atomic E-state index is -0.428. The number of likely N-dealkylation sites (N-methyl/N-ethyl adjacent to an activating group) is 1. The van der Waals surface area contributed by atoms with Gasteiger partial charge in [0.25, 0.3) is 0 Å². The van der Waals surface area contributed by atoms with Gasteiger partial charge in [-0.2, -0.15) is 10.1 Å². The Balaban J connectivity index is 1.02. The minimum absolute atomic E-state index is 0.0767. The number of hydrogen-bond acceptors (Lipinski definition) is 9. The van der Waals surface area contributed by atoms with Crippen molar-refractivity contribution in [2.45, 2.75) is 57.0 Å². The van der Waals surface area contributed by atoms with Crippen LogP contribution in [0.25, 0.3) is 10.9 Å². The molecule has 13 heteroatoms. The van der Waals surface area contributed by atoms with Crippen molar-refractivity contribution >= 4 is 69.1 Å². The fourth-order valence-corrected chi connectivity index (χ4v) is 6.83. The van der Waals surface area contributed by atoms with Crippen LogP contribution in [-0.4, -0.2) is 63.1 Å². The van der Waals surface area contributed by atoms with Crippen LogP contribution in [0.15, 0.2) is 42.6 Å². The SMILES string of the molecule is C[C@H]1C[C@@H](Nc2ccc3c(C4CCC(=O)NC4=O)nn(C)c3c2)CCN1c1ncc(Cl)c(Nc2ccc3c(c2)CC(=O)N3C)n1. The number of imide groups is 1. The Morgan fingerprint density at radius 3 is 2.67 bits per heavy atom. The van der Waals surface area contributed by atoms with E-state index in [0.29, 0.717) is 41.7 Å². The van der Waals surface area contributed by atoms with Crippen LogP contribution < -0.4 is 25.8 Å². The molecular formula is C32H34ClN9O3. The zero-order chi connectivity index (χ0) is 31.4. The number of piperidine rings is 2. The number of carbonyl (C=O) groups is 3. The summed E-state index contributed by atoms with van der Waals surface area (Å²) < 4.78 is 1.80. The molecule has 3 amide bonds. The highest BCUT2D eigenvalue weighted by molar-refractivity contribution is 6.33. The average Bonchev–Trinajstić information content (AvgIpc) is 3.48. The predicted octanol–water partition coefficient (Wildman–Crippen LogP) is 4.27. The van der Waals surface area contributed by atoms with Crippen LogP contribution in [0.2, 0.25) is 5.02 Å². The largest absolute Gasteiger partial charge is 0.382 e. The number of rotatable bonds is 6. The lowest BCUT2D eigenvalue weighted by atomic mass is 9.92. The zero-order valence-corrected chi connectivity index (χ0v) is 26.1. The number of aryl methyl sites for hydroxylation is 1. The van der Waals surface area contributed by atoms with Crippen LogP contribution in [0.4, 0.5) is 28.8 Å². The molecule has 2 fully saturated rings. The number of anilines is 5. The fourth-order valence-electron chi connectivity index (χ4n) is 6.69. The molecule has 0 saturated carbocycles. The van der Waals surface area contributed by atoms with Gasteiger partial charge in [0.1, 0.15) is 5.02 Å². The monoisotopic (exact) mass is 627 g/mol. The quantitative estimate of drug-likeness (QED) is 0.268. The summed E-state index contributed by atoms with van der Waals surface area (Å²) in [6, 6.07) is 12.3. The predicted molar refractivity (Wildman–Crippen MR) is 173 cm³/mol. The van der Waals surface area contributed by atoms with Crippen molar-refractivity contribution in [3.05, 3.63) is 58.9 Å². The van der Waals surface area contributed by atoms with Crippen molar-refractivity contribution in [3.63, 3.8) is 0 Å². The van der Waals surface area contributed by atoms with Crippen molar-refractivity contribution in [1.29, 1.82) is 0 Å². The second-order valence-electron chi connectivity index (χ2n) is 12.1. The number of nitrogens with zero attached hydrogens (tertiary/aromatic N) is 6. The van der Waals surface area contributed by atoms with Crippen LogP contribution in [0, 0.1) is 0 Å². The molecule has 4 aromatic rings. The Morgan fingerprint density at radius 1 is 1.04 bits per heavy atom. The molecule has 12 nitrogen and oxygen atoms in total. The second kappa shape index (κ2) is 11.3. The highest BCUT2D eigenvalue weighted by Crippen LogP contribution is 2.34. The van der Waals surface area contributed by atoms with E-state index in [4.69, 9.17) is 16.6 Å². The van der Waals surface area contributed by atoms with E-state index >= 15 is 0 Å². The number of halogens is 1. The van der Waals surface area contributed by atoms with E-state index in [1.54, 1.807) is 22.8 Å². The maximum Gasteiger partial charge on any atom is 0.235 e. The number of fused-ring (bicyclic) bond motifs is 2. The number of nitrogens with one attached hydrogen (secondary N) is 3. The number of benzene rings is 2. The summed E-state index contributed by atoms with van der Waals surface area (Å²) in [7, 11) is 3.66. The fraction of sp³-hybridized carbons (Fsp3) is 0.375. The Hall–Kier alpha value is -4.71. The van der Waals surface area contributed by atoms with Crippen LogP contribution in [0.3, 0.4) is 0 Å². The number of hydrogen-bond donors (Lipinski definition) is 3. The first-order chi connectivity index (χ1) is 21.6. The highest BCUT2D eigenvalue weighted by Gasteiger charge is 2.32. The lowest BCUT2D eigenvalue weighted by Crippen LogP contribution is -2.45. The van der Waals surface area contributed by atoms with Gasteiger partial charge in [-0.05, 0) is 68.1 Å². The summed E-state index contributed by atoms with van der Waals surface area (Å²) in [6.45, 7) is 2.93. The summed E-state index contributed by atoms with van der Waals surface area (Å²) in [6.07, 6.45) is 4.56. The Morgan fingerprint density at radius 2 is 1.87 bits per heavy atom. The molecule has 3 aliphatic rings. The molecule has 0 spiro atoms. The van der Waals surface area contributed by atoms with Gasteiger partial charge in [0, 0.05) is 61.6 Å². The van der Waals surface area contributed by atoms with Gasteiger partial charge < -0.3 is 20.4 Å². The summed E-state index contributed by atoms with van der Waals surface area (Å²) in [5.74, 6) is 0.269. The first-order valence-electron chi connectivity index (χ1n) is 15.2. The van der Waals surface area contributed by atoms with Crippen molar-refractivity contribution in [1.82, 2.24) is 25.1 Å². The Kier molecular flexibility index (Phi) is 7.31. The van der Waals surface area contributed by atoms with Gasteiger partial charge in [0.2, 0.25) is 23.7 Å². The maximum absolute atomic E-state index is 12.5. The number of amides is 3. The van der Waals surface area contributed by atoms with Crippen LogP contribution >= 0.6 is 11.6 Å². The third-order valence-electron chi connectivity index (χ3n) is 9.10. The molecule has 2 aromatic heterocycles. The molecule has 2 saturated heterocycles. The first-order valence-corrected chi connectivity index (χ1v) is 15.5. The van der Waals surface area contributed by atoms with E-state index in [9.17, 15) is 14.4 Å². The van der Waals surface area contributed by atoms with E-state index in [1.807, 2.05) is 37.4 Å². The normalized spacial score (nSPS) is 21.7. The van der Waals surface area contributed by atoms with Gasteiger partial charge in [0.05, 0.1) is 29.7 Å². The lowest BCUT2D eigenvalue weighted by Gasteiger charge is -2.38. The number of aromatic nitrogens is 4. The standard InChI is InChI=1S/C32H34ClN9O3/c1-17-12-21(35-20-4-6-22-26(15-20)41(3)39-29(22)23-7-9-27(43)37-31(23)45)10-11-42(17)32-34-16-24(33)30(38-32)36-19-5-8-25-18(13-19)14-28(44)40(25)2/h4-6,8,13,15-17,21,23,35H,7,9-12,14H2,1-3H3,(H,34,36,38)(H,37,43,45)/t17-,21-,23?/m0/s1. The topological polar surface area (TPSA) is 137 Å². The Labute approximate surface area is 265 Å². The molecule has 5 heterocycles. The van der Waals surface area contributed by atoms with Crippen LogP contribution in [0.5, 0.6) is 0 Å². The molecule has 0 aliphatic carbocycles. The summed E-state index contributed by atoms with van der Waals surface area (Å²) in [5.41, 5.74) is 5.33. The maximum atomic E-state index is 12.5. The van der Waals surface area contributed by atoms with Crippen molar-refractivity contribution in [2.75, 3.05) is 34.0 Å². The molecule has 0 bridgehead atoms. The van der Waals surface area contributed by atoms with Gasteiger partial charge in [-0.25, -0.2) is 4.98 Å². The molecular weight excluding hydrogens is 594 g/mol. The van der Waals surface area contributed by atoms with Gasteiger partial charge in [-0.15, -0.1) is 0 Å². The first kappa shape index (κ1) is 29.0. The van der Waals surface area contributed by atoms with Gasteiger partial charge in [0.15, 0.2) is 5.82 Å². The summed E-state index contributed by atoms with van der Waals surface area (Å²) in [5, 5.41) is 15.5. The molecule has 1 unspecified atom stereocenters. The van der Waals surface area contributed by atoms with E-state index in [-0.39, 0.29) is 29.8 Å². The smallest absolute Gasteiger partial charge is 0.235 e. The minimum Gasteiger partial charge on any atom is -0.382 e. The number of carbonyl (C=O) groups excluding carboxylic acids is 3. The molecule has 3 N–H and O–H groups in total. The Bertz CT molecular complexity index is 1860. The van der Waals surface area contributed by atoms with E-state index in [0.717, 1.165) is 52.9 Å². The average molecular weight is 628 g/mol. The van der Waals surface area contributed by atoms with Gasteiger partial charge in [-0.1, -0.05) is 11.6 Å². The molecule has 7 rings (SSSR count). The van der Waals surface area contributed by atoms with Gasteiger partial charge in [-0.3, -0.25) is 24.4 Å². The van der Waals surface area contributed by atoms with Crippen LogP contribution in [-0.2, 0) is 27.9 Å². The molecule has 232 valence electrons. The molecule has 3 aliphatic heterocycles. The van der Waals surface area contributed by atoms with Crippen molar-refractivity contribution < 1.29 is 14.4 Å². The second-order valence-corrected chi connectivity index (χ2v) is 12.5. The van der Waals surface area contributed by atoms with E-state index in [1.165, 1.54) is 0 Å². The van der Waals surface area contributed by atoms with Crippen molar-refractivity contribution in [2.24, 2.45) is 7.05 Å². The van der Waals surface area contributed by atoms with Crippen molar-refractivity contribution in [3.8, 4) is 0 Å². The third-order valence-corrected chi connectivity index (χ3v) is 9.38. The molecule has 2 aromatic carbocycles. The zero-order valence-electron chi connectivity index (χ0n) is 25.3. The van der Waals surface area contributed by atoms with E-state index < -0.39 is 5.92 Å². The lowest BCUT2D eigenvalue weighted by molar-refractivity contribution is -0.134. The summed E-state index contributed by atoms with van der Waals surface area (Å²) in [4.78, 5) is 49.4. The highest BCUT2D eigenvalue weighted by atomic mass is 35.5. The van der Waals surface area contributed by atoms with Crippen LogP contribution in [0.1, 0.15) is 49.8 Å². The third kappa shape index (κ3) is 5.43. The molecule has 45 heavy (non-hydrogen) atoms. The van der Waals surface area contributed by atoms with Gasteiger partial charge >= 0.3 is 0 Å².